The molecule has 130 valence electrons. The molecule has 5 rings (SSSR count). The second-order valence-electron chi connectivity index (χ2n) is 7.60. The first-order chi connectivity index (χ1) is 12.3. The summed E-state index contributed by atoms with van der Waals surface area (Å²) in [4.78, 5) is 17.1. The monoisotopic (exact) mass is 337 g/mol. The van der Waals surface area contributed by atoms with Gasteiger partial charge < -0.3 is 14.6 Å². The van der Waals surface area contributed by atoms with Gasteiger partial charge in [-0.05, 0) is 62.3 Å². The van der Waals surface area contributed by atoms with E-state index in [9.17, 15) is 4.79 Å². The fourth-order valence-corrected chi connectivity index (χ4v) is 5.18. The van der Waals surface area contributed by atoms with Crippen LogP contribution in [0.25, 0.3) is 5.82 Å². The standard InChI is InChI=1S/C20H23N3O2/c24-19(14-5-6-18(21-13-14)23-9-1-2-10-23)22-17-4-3-8-20-15(7-11-25-20)12-16(17)20/h1-2,5-6,9-10,13,15-17H,3-4,7-8,11-12H2,(H,22,24). The largest absolute Gasteiger partial charge is 0.374 e. The Morgan fingerprint density at radius 3 is 2.92 bits per heavy atom. The average Bonchev–Trinajstić information content (AvgIpc) is 3.24. The number of nitrogens with zero attached hydrogens (tertiary/aromatic N) is 2. The molecular weight excluding hydrogens is 314 g/mol. The topological polar surface area (TPSA) is 56.1 Å². The van der Waals surface area contributed by atoms with Crippen molar-refractivity contribution in [3.05, 3.63) is 48.4 Å². The summed E-state index contributed by atoms with van der Waals surface area (Å²) < 4.78 is 8.08. The van der Waals surface area contributed by atoms with Crippen molar-refractivity contribution in [2.45, 2.75) is 43.7 Å². The summed E-state index contributed by atoms with van der Waals surface area (Å²) in [6.07, 6.45) is 11.3. The normalized spacial score (nSPS) is 33.2. The van der Waals surface area contributed by atoms with Crippen molar-refractivity contribution in [1.29, 1.82) is 0 Å². The minimum absolute atomic E-state index is 0.0185. The van der Waals surface area contributed by atoms with Crippen LogP contribution in [0.1, 0.15) is 42.5 Å². The van der Waals surface area contributed by atoms with Gasteiger partial charge in [0, 0.05) is 37.2 Å². The van der Waals surface area contributed by atoms with Crippen LogP contribution in [0.2, 0.25) is 0 Å². The van der Waals surface area contributed by atoms with E-state index in [-0.39, 0.29) is 17.6 Å². The highest BCUT2D eigenvalue weighted by atomic mass is 16.5. The zero-order valence-electron chi connectivity index (χ0n) is 14.2. The van der Waals surface area contributed by atoms with Gasteiger partial charge in [0.1, 0.15) is 5.82 Å². The Hall–Kier alpha value is -2.14. The van der Waals surface area contributed by atoms with Crippen LogP contribution in [0, 0.1) is 11.8 Å². The van der Waals surface area contributed by atoms with Crippen LogP contribution in [0.15, 0.2) is 42.9 Å². The Morgan fingerprint density at radius 2 is 2.16 bits per heavy atom. The van der Waals surface area contributed by atoms with Gasteiger partial charge >= 0.3 is 0 Å². The van der Waals surface area contributed by atoms with Crippen molar-refractivity contribution in [3.8, 4) is 5.82 Å². The summed E-state index contributed by atoms with van der Waals surface area (Å²) in [5, 5.41) is 3.26. The van der Waals surface area contributed by atoms with Gasteiger partial charge in [-0.3, -0.25) is 4.79 Å². The Balaban J connectivity index is 1.29. The maximum atomic E-state index is 12.7. The minimum atomic E-state index is -0.0185. The number of rotatable bonds is 3. The maximum absolute atomic E-state index is 12.7. The fourth-order valence-electron chi connectivity index (χ4n) is 5.18. The van der Waals surface area contributed by atoms with Crippen molar-refractivity contribution < 1.29 is 9.53 Å². The number of nitrogens with one attached hydrogen (secondary N) is 1. The highest BCUT2D eigenvalue weighted by molar-refractivity contribution is 5.94. The van der Waals surface area contributed by atoms with E-state index >= 15 is 0 Å². The Labute approximate surface area is 147 Å². The van der Waals surface area contributed by atoms with Crippen molar-refractivity contribution in [2.24, 2.45) is 11.8 Å². The molecule has 5 nitrogen and oxygen atoms in total. The number of hydrogen-bond acceptors (Lipinski definition) is 3. The molecule has 4 atom stereocenters. The van der Waals surface area contributed by atoms with E-state index in [1.165, 1.54) is 19.3 Å². The lowest BCUT2D eigenvalue weighted by Gasteiger charge is -2.57. The molecule has 5 heteroatoms. The van der Waals surface area contributed by atoms with Gasteiger partial charge in [0.2, 0.25) is 0 Å². The molecule has 2 aliphatic carbocycles. The molecular formula is C20H23N3O2. The molecule has 1 aliphatic heterocycles. The number of carbonyl (C=O) groups is 1. The highest BCUT2D eigenvalue weighted by Gasteiger charge is 2.62. The molecule has 1 amide bonds. The van der Waals surface area contributed by atoms with Crippen molar-refractivity contribution in [1.82, 2.24) is 14.9 Å². The third-order valence-corrected chi connectivity index (χ3v) is 6.46. The van der Waals surface area contributed by atoms with Crippen molar-refractivity contribution in [3.63, 3.8) is 0 Å². The van der Waals surface area contributed by atoms with Gasteiger partial charge in [0.15, 0.2) is 0 Å². The van der Waals surface area contributed by atoms with Gasteiger partial charge in [-0.2, -0.15) is 0 Å². The van der Waals surface area contributed by atoms with E-state index in [0.29, 0.717) is 11.5 Å². The van der Waals surface area contributed by atoms with E-state index in [2.05, 4.69) is 10.3 Å². The molecule has 3 heterocycles. The molecule has 0 radical (unpaired) electrons. The van der Waals surface area contributed by atoms with Gasteiger partial charge in [-0.25, -0.2) is 4.98 Å². The summed E-state index contributed by atoms with van der Waals surface area (Å²) in [6, 6.07) is 7.89. The number of hydrogen-bond donors (Lipinski definition) is 1. The molecule has 4 unspecified atom stereocenters. The molecule has 3 fully saturated rings. The van der Waals surface area contributed by atoms with Crippen LogP contribution in [-0.4, -0.2) is 33.7 Å². The zero-order chi connectivity index (χ0) is 16.9. The molecule has 1 saturated heterocycles. The summed E-state index contributed by atoms with van der Waals surface area (Å²) in [5.41, 5.74) is 0.700. The number of pyridine rings is 1. The first-order valence-corrected chi connectivity index (χ1v) is 9.30. The number of aromatic nitrogens is 2. The highest BCUT2D eigenvalue weighted by Crippen LogP contribution is 2.59. The number of amides is 1. The zero-order valence-corrected chi connectivity index (χ0v) is 14.2. The Bertz CT molecular complexity index is 771. The molecule has 1 spiro atoms. The summed E-state index contributed by atoms with van der Waals surface area (Å²) >= 11 is 0. The summed E-state index contributed by atoms with van der Waals surface area (Å²) in [5.74, 6) is 2.01. The predicted molar refractivity (Wildman–Crippen MR) is 93.6 cm³/mol. The van der Waals surface area contributed by atoms with Gasteiger partial charge in [0.25, 0.3) is 5.91 Å². The molecule has 3 aliphatic rings. The minimum Gasteiger partial charge on any atom is -0.374 e. The quantitative estimate of drug-likeness (QED) is 0.937. The number of carbonyl (C=O) groups excluding carboxylic acids is 1. The third-order valence-electron chi connectivity index (χ3n) is 6.46. The molecule has 0 aromatic carbocycles. The fraction of sp³-hybridized carbons (Fsp3) is 0.500. The lowest BCUT2D eigenvalue weighted by molar-refractivity contribution is -0.166. The third kappa shape index (κ3) is 2.33. The first-order valence-electron chi connectivity index (χ1n) is 9.30. The lowest BCUT2D eigenvalue weighted by atomic mass is 9.53. The molecule has 2 aromatic heterocycles. The number of ether oxygens (including phenoxy) is 1. The van der Waals surface area contributed by atoms with E-state index in [1.54, 1.807) is 6.20 Å². The molecule has 25 heavy (non-hydrogen) atoms. The van der Waals surface area contributed by atoms with E-state index < -0.39 is 0 Å². The first kappa shape index (κ1) is 15.1. The van der Waals surface area contributed by atoms with Gasteiger partial charge in [-0.1, -0.05) is 0 Å². The summed E-state index contributed by atoms with van der Waals surface area (Å²) in [6.45, 7) is 0.895. The molecule has 2 saturated carbocycles. The van der Waals surface area contributed by atoms with E-state index in [4.69, 9.17) is 4.74 Å². The van der Waals surface area contributed by atoms with Crippen molar-refractivity contribution in [2.75, 3.05) is 6.61 Å². The second kappa shape index (κ2) is 5.70. The van der Waals surface area contributed by atoms with Crippen LogP contribution in [0.5, 0.6) is 0 Å². The van der Waals surface area contributed by atoms with E-state index in [1.807, 2.05) is 41.2 Å². The van der Waals surface area contributed by atoms with Crippen LogP contribution in [-0.2, 0) is 4.74 Å². The molecule has 0 bridgehead atoms. The molecule has 2 aromatic rings. The van der Waals surface area contributed by atoms with Crippen LogP contribution in [0.4, 0.5) is 0 Å². The molecule has 1 N–H and O–H groups in total. The Kier molecular flexibility index (Phi) is 3.45. The van der Waals surface area contributed by atoms with E-state index in [0.717, 1.165) is 31.2 Å². The average molecular weight is 337 g/mol. The Morgan fingerprint density at radius 1 is 1.28 bits per heavy atom. The van der Waals surface area contributed by atoms with Crippen LogP contribution >= 0.6 is 0 Å². The second-order valence-corrected chi connectivity index (χ2v) is 7.60. The van der Waals surface area contributed by atoms with Crippen LogP contribution < -0.4 is 5.32 Å². The maximum Gasteiger partial charge on any atom is 0.253 e. The lowest BCUT2D eigenvalue weighted by Crippen LogP contribution is -2.63. The van der Waals surface area contributed by atoms with Gasteiger partial charge in [0.05, 0.1) is 11.2 Å². The smallest absolute Gasteiger partial charge is 0.253 e. The predicted octanol–water partition coefficient (Wildman–Crippen LogP) is 2.95. The SMILES string of the molecule is O=C(NC1CCCC23OCCC2CC13)c1ccc(-n2cccc2)nc1. The van der Waals surface area contributed by atoms with Crippen molar-refractivity contribution >= 4 is 5.91 Å². The summed E-state index contributed by atoms with van der Waals surface area (Å²) in [7, 11) is 0. The van der Waals surface area contributed by atoms with Crippen LogP contribution in [0.3, 0.4) is 0 Å². The van der Waals surface area contributed by atoms with Gasteiger partial charge in [-0.15, -0.1) is 0 Å².